The van der Waals surface area contributed by atoms with Crippen LogP contribution >= 0.6 is 11.3 Å². The number of carbonyl (C=O) groups is 1. The second-order valence-electron chi connectivity index (χ2n) is 4.60. The molecule has 1 aromatic heterocycles. The molecule has 5 heteroatoms. The molecule has 0 spiro atoms. The zero-order valence-corrected chi connectivity index (χ0v) is 12.4. The summed E-state index contributed by atoms with van der Waals surface area (Å²) in [6.07, 6.45) is 2.18. The van der Waals surface area contributed by atoms with Gasteiger partial charge in [0.15, 0.2) is 0 Å². The minimum atomic E-state index is -0.160. The van der Waals surface area contributed by atoms with E-state index in [9.17, 15) is 4.79 Å². The summed E-state index contributed by atoms with van der Waals surface area (Å²) in [7, 11) is 3.43. The van der Waals surface area contributed by atoms with Crippen molar-refractivity contribution in [2.75, 3.05) is 20.7 Å². The predicted molar refractivity (Wildman–Crippen MR) is 73.6 cm³/mol. The number of ether oxygens (including phenoxy) is 1. The monoisotopic (exact) mass is 270 g/mol. The normalized spacial score (nSPS) is 12.7. The Morgan fingerprint density at radius 1 is 1.61 bits per heavy atom. The van der Waals surface area contributed by atoms with Crippen molar-refractivity contribution in [2.45, 2.75) is 33.2 Å². The van der Waals surface area contributed by atoms with Crippen LogP contribution in [-0.4, -0.2) is 36.6 Å². The Balaban J connectivity index is 2.43. The molecule has 0 saturated heterocycles. The first-order valence-corrected chi connectivity index (χ1v) is 7.14. The first kappa shape index (κ1) is 15.1. The van der Waals surface area contributed by atoms with Gasteiger partial charge in [0.2, 0.25) is 0 Å². The van der Waals surface area contributed by atoms with Crippen LogP contribution in [0.15, 0.2) is 5.38 Å². The molecule has 1 heterocycles. The van der Waals surface area contributed by atoms with E-state index in [1.165, 1.54) is 12.1 Å². The molecule has 4 nitrogen and oxygen atoms in total. The number of aromatic nitrogens is 1. The maximum absolute atomic E-state index is 11.3. The second-order valence-corrected chi connectivity index (χ2v) is 5.55. The lowest BCUT2D eigenvalue weighted by Crippen LogP contribution is -2.29. The highest BCUT2D eigenvalue weighted by Crippen LogP contribution is 2.13. The second kappa shape index (κ2) is 7.48. The molecule has 0 aliphatic carbocycles. The Bertz CT molecular complexity index is 379. The van der Waals surface area contributed by atoms with Crippen LogP contribution < -0.4 is 0 Å². The van der Waals surface area contributed by atoms with Gasteiger partial charge in [-0.1, -0.05) is 13.8 Å². The summed E-state index contributed by atoms with van der Waals surface area (Å²) in [6.45, 7) is 5.51. The summed E-state index contributed by atoms with van der Waals surface area (Å²) >= 11 is 1.72. The van der Waals surface area contributed by atoms with Crippen molar-refractivity contribution < 1.29 is 9.53 Å². The number of thiazole rings is 1. The molecule has 0 saturated carbocycles. The van der Waals surface area contributed by atoms with E-state index in [-0.39, 0.29) is 11.9 Å². The fourth-order valence-electron chi connectivity index (χ4n) is 1.83. The van der Waals surface area contributed by atoms with Crippen molar-refractivity contribution >= 4 is 17.3 Å². The Kier molecular flexibility index (Phi) is 6.29. The highest BCUT2D eigenvalue weighted by atomic mass is 32.1. The fourth-order valence-corrected chi connectivity index (χ4v) is 2.73. The molecule has 0 aliphatic heterocycles. The number of aryl methyl sites for hydroxylation is 1. The summed E-state index contributed by atoms with van der Waals surface area (Å²) in [4.78, 5) is 18.0. The van der Waals surface area contributed by atoms with E-state index < -0.39 is 0 Å². The number of methoxy groups -OCH3 is 1. The topological polar surface area (TPSA) is 42.4 Å². The van der Waals surface area contributed by atoms with Gasteiger partial charge in [0, 0.05) is 18.5 Å². The minimum Gasteiger partial charge on any atom is -0.469 e. The summed E-state index contributed by atoms with van der Waals surface area (Å²) in [5.41, 5.74) is 1.09. The third-order valence-electron chi connectivity index (χ3n) is 2.68. The molecule has 1 rings (SSSR count). The molecule has 0 aliphatic rings. The average molecular weight is 270 g/mol. The van der Waals surface area contributed by atoms with Crippen LogP contribution in [0.5, 0.6) is 0 Å². The Morgan fingerprint density at radius 2 is 2.33 bits per heavy atom. The lowest BCUT2D eigenvalue weighted by atomic mass is 10.2. The van der Waals surface area contributed by atoms with Crippen molar-refractivity contribution in [1.29, 1.82) is 0 Å². The number of carbonyl (C=O) groups excluding carboxylic acids is 1. The first-order valence-electron chi connectivity index (χ1n) is 6.26. The number of hydrogen-bond acceptors (Lipinski definition) is 5. The molecule has 1 aromatic rings. The molecular formula is C13H22N2O2S. The summed E-state index contributed by atoms with van der Waals surface area (Å²) < 4.78 is 4.72. The van der Waals surface area contributed by atoms with Gasteiger partial charge in [0.05, 0.1) is 23.7 Å². The molecule has 102 valence electrons. The van der Waals surface area contributed by atoms with Gasteiger partial charge in [-0.25, -0.2) is 4.98 Å². The van der Waals surface area contributed by atoms with Crippen molar-refractivity contribution in [3.63, 3.8) is 0 Å². The quantitative estimate of drug-likeness (QED) is 0.713. The van der Waals surface area contributed by atoms with Crippen molar-refractivity contribution in [1.82, 2.24) is 9.88 Å². The van der Waals surface area contributed by atoms with E-state index in [1.807, 2.05) is 14.0 Å². The van der Waals surface area contributed by atoms with Crippen LogP contribution in [0.4, 0.5) is 0 Å². The molecule has 0 N–H and O–H groups in total. The first-order chi connectivity index (χ1) is 8.56. The van der Waals surface area contributed by atoms with Gasteiger partial charge in [-0.3, -0.25) is 9.69 Å². The van der Waals surface area contributed by atoms with Gasteiger partial charge in [0.25, 0.3) is 0 Å². The van der Waals surface area contributed by atoms with E-state index in [0.29, 0.717) is 6.54 Å². The van der Waals surface area contributed by atoms with Crippen LogP contribution in [0.1, 0.15) is 31.0 Å². The van der Waals surface area contributed by atoms with Gasteiger partial charge >= 0.3 is 5.97 Å². The summed E-state index contributed by atoms with van der Waals surface area (Å²) in [5.74, 6) is -0.263. The lowest BCUT2D eigenvalue weighted by Gasteiger charge is -2.18. The maximum atomic E-state index is 11.3. The van der Waals surface area contributed by atoms with Crippen LogP contribution in [0.2, 0.25) is 0 Å². The minimum absolute atomic E-state index is 0.103. The average Bonchev–Trinajstić information content (AvgIpc) is 2.75. The molecule has 0 radical (unpaired) electrons. The molecule has 0 amide bonds. The van der Waals surface area contributed by atoms with Crippen LogP contribution in [0.3, 0.4) is 0 Å². The Hall–Kier alpha value is -0.940. The van der Waals surface area contributed by atoms with Crippen LogP contribution in [0.25, 0.3) is 0 Å². The Morgan fingerprint density at radius 3 is 2.94 bits per heavy atom. The lowest BCUT2D eigenvalue weighted by molar-refractivity contribution is -0.145. The zero-order chi connectivity index (χ0) is 13.5. The van der Waals surface area contributed by atoms with E-state index in [2.05, 4.69) is 22.2 Å². The summed E-state index contributed by atoms with van der Waals surface area (Å²) in [5, 5.41) is 3.30. The number of esters is 1. The maximum Gasteiger partial charge on any atom is 0.309 e. The number of hydrogen-bond donors (Lipinski definition) is 0. The van der Waals surface area contributed by atoms with Gasteiger partial charge in [-0.15, -0.1) is 11.3 Å². The van der Waals surface area contributed by atoms with E-state index in [0.717, 1.165) is 25.1 Å². The molecule has 0 aromatic carbocycles. The third-order valence-corrected chi connectivity index (χ3v) is 3.64. The number of nitrogens with zero attached hydrogens (tertiary/aromatic N) is 2. The van der Waals surface area contributed by atoms with E-state index >= 15 is 0 Å². The zero-order valence-electron chi connectivity index (χ0n) is 11.6. The molecule has 18 heavy (non-hydrogen) atoms. The smallest absolute Gasteiger partial charge is 0.309 e. The van der Waals surface area contributed by atoms with E-state index in [4.69, 9.17) is 4.74 Å². The largest absolute Gasteiger partial charge is 0.469 e. The summed E-state index contributed by atoms with van der Waals surface area (Å²) in [6, 6.07) is 0. The molecular weight excluding hydrogens is 248 g/mol. The fraction of sp³-hybridized carbons (Fsp3) is 0.692. The molecule has 0 bridgehead atoms. The Labute approximate surface area is 113 Å². The van der Waals surface area contributed by atoms with Crippen molar-refractivity contribution in [3.05, 3.63) is 16.1 Å². The molecule has 1 unspecified atom stereocenters. The molecule has 0 fully saturated rings. The molecule has 1 atom stereocenters. The van der Waals surface area contributed by atoms with Crippen molar-refractivity contribution in [2.24, 2.45) is 5.92 Å². The predicted octanol–water partition coefficient (Wildman–Crippen LogP) is 2.34. The van der Waals surface area contributed by atoms with Crippen LogP contribution in [-0.2, 0) is 22.5 Å². The standard InChI is InChI=1S/C13H22N2O2S/c1-5-6-12-14-11(9-18-12)8-15(3)7-10(2)13(16)17-4/h9-10H,5-8H2,1-4H3. The van der Waals surface area contributed by atoms with E-state index in [1.54, 1.807) is 11.3 Å². The van der Waals surface area contributed by atoms with Gasteiger partial charge in [0.1, 0.15) is 0 Å². The SMILES string of the molecule is CCCc1nc(CN(C)CC(C)C(=O)OC)cs1. The van der Waals surface area contributed by atoms with Gasteiger partial charge < -0.3 is 4.74 Å². The highest BCUT2D eigenvalue weighted by molar-refractivity contribution is 7.09. The third kappa shape index (κ3) is 4.74. The van der Waals surface area contributed by atoms with Crippen molar-refractivity contribution in [3.8, 4) is 0 Å². The van der Waals surface area contributed by atoms with Gasteiger partial charge in [-0.05, 0) is 19.9 Å². The van der Waals surface area contributed by atoms with Gasteiger partial charge in [-0.2, -0.15) is 0 Å². The number of rotatable bonds is 7. The highest BCUT2D eigenvalue weighted by Gasteiger charge is 2.16. The van der Waals surface area contributed by atoms with Crippen LogP contribution in [0, 0.1) is 5.92 Å².